The largest absolute Gasteiger partial charge is 0.245 e. The third kappa shape index (κ3) is 3.76. The number of rotatable bonds is 3. The Kier molecular flexibility index (Phi) is 4.83. The van der Waals surface area contributed by atoms with Crippen molar-refractivity contribution in [3.63, 3.8) is 0 Å². The quantitative estimate of drug-likeness (QED) is 0.554. The van der Waals surface area contributed by atoms with Crippen molar-refractivity contribution in [2.45, 2.75) is 20.8 Å². The van der Waals surface area contributed by atoms with Gasteiger partial charge in [-0.15, -0.1) is 0 Å². The Morgan fingerprint density at radius 1 is 1.00 bits per heavy atom. The van der Waals surface area contributed by atoms with E-state index in [1.807, 2.05) is 38.2 Å². The first-order valence-electron chi connectivity index (χ1n) is 6.96. The molecule has 0 saturated heterocycles. The van der Waals surface area contributed by atoms with Crippen LogP contribution in [-0.2, 0) is 0 Å². The van der Waals surface area contributed by atoms with Crippen LogP contribution in [0.5, 0.6) is 0 Å². The summed E-state index contributed by atoms with van der Waals surface area (Å²) in [6.45, 7) is 9.76. The summed E-state index contributed by atoms with van der Waals surface area (Å²) in [4.78, 5) is 8.53. The number of benzene rings is 2. The van der Waals surface area contributed by atoms with Gasteiger partial charge in [0.05, 0.1) is 0 Å². The van der Waals surface area contributed by atoms with E-state index >= 15 is 0 Å². The molecule has 0 aliphatic heterocycles. The number of hydrogen-bond acceptors (Lipinski definition) is 1. The monoisotopic (exact) mass is 276 g/mol. The predicted octanol–water partition coefficient (Wildman–Crippen LogP) is 5.03. The van der Waals surface area contributed by atoms with Crippen molar-refractivity contribution >= 4 is 12.6 Å². The van der Waals surface area contributed by atoms with E-state index in [1.165, 1.54) is 5.56 Å². The van der Waals surface area contributed by atoms with E-state index < -0.39 is 0 Å². The minimum atomic E-state index is 0.646. The highest BCUT2D eigenvalue weighted by atomic mass is 14.9. The fourth-order valence-corrected chi connectivity index (χ4v) is 2.05. The van der Waals surface area contributed by atoms with Gasteiger partial charge in [-0.05, 0) is 38.6 Å². The van der Waals surface area contributed by atoms with Crippen LogP contribution in [0.25, 0.3) is 11.1 Å². The second-order valence-electron chi connectivity index (χ2n) is 5.23. The molecule has 21 heavy (non-hydrogen) atoms. The predicted molar refractivity (Wildman–Crippen MR) is 92.1 cm³/mol. The van der Waals surface area contributed by atoms with Crippen molar-refractivity contribution in [2.24, 2.45) is 9.98 Å². The lowest BCUT2D eigenvalue weighted by Gasteiger charge is -2.09. The molecule has 0 aromatic heterocycles. The van der Waals surface area contributed by atoms with Gasteiger partial charge >= 0.3 is 0 Å². The lowest BCUT2D eigenvalue weighted by molar-refractivity contribution is 1.32. The van der Waals surface area contributed by atoms with Gasteiger partial charge in [-0.1, -0.05) is 59.7 Å². The van der Waals surface area contributed by atoms with Crippen molar-refractivity contribution in [3.8, 4) is 11.1 Å². The summed E-state index contributed by atoms with van der Waals surface area (Å²) in [5.74, 6) is 0.646. The van der Waals surface area contributed by atoms with Gasteiger partial charge in [-0.2, -0.15) is 0 Å². The molecule has 2 nitrogen and oxygen atoms in total. The average molecular weight is 276 g/mol. The van der Waals surface area contributed by atoms with E-state index in [0.717, 1.165) is 22.3 Å². The first kappa shape index (κ1) is 14.9. The van der Waals surface area contributed by atoms with Crippen LogP contribution in [0.15, 0.2) is 70.3 Å². The molecule has 2 aromatic rings. The van der Waals surface area contributed by atoms with E-state index in [-0.39, 0.29) is 0 Å². The number of nitrogens with zero attached hydrogens (tertiary/aromatic N) is 2. The van der Waals surface area contributed by atoms with Gasteiger partial charge in [-0.3, -0.25) is 0 Å². The summed E-state index contributed by atoms with van der Waals surface area (Å²) >= 11 is 0. The van der Waals surface area contributed by atoms with Crippen LogP contribution < -0.4 is 0 Å². The number of hydrogen-bond donors (Lipinski definition) is 0. The lowest BCUT2D eigenvalue weighted by atomic mass is 9.98. The van der Waals surface area contributed by atoms with Crippen molar-refractivity contribution in [2.75, 3.05) is 0 Å². The minimum absolute atomic E-state index is 0.646. The van der Waals surface area contributed by atoms with Crippen LogP contribution in [-0.4, -0.2) is 12.6 Å². The third-order valence-corrected chi connectivity index (χ3v) is 3.13. The van der Waals surface area contributed by atoms with E-state index in [9.17, 15) is 0 Å². The zero-order chi connectivity index (χ0) is 15.2. The molecule has 0 aliphatic rings. The number of aliphatic imine (C=N–C) groups is 2. The first-order chi connectivity index (χ1) is 10.1. The molecule has 0 radical (unpaired) electrons. The molecule has 0 saturated carbocycles. The van der Waals surface area contributed by atoms with Gasteiger partial charge in [0.15, 0.2) is 5.84 Å². The van der Waals surface area contributed by atoms with Gasteiger partial charge in [0, 0.05) is 11.8 Å². The van der Waals surface area contributed by atoms with Crippen LogP contribution in [0.1, 0.15) is 25.0 Å². The molecule has 0 unspecified atom stereocenters. The molecule has 0 aliphatic carbocycles. The van der Waals surface area contributed by atoms with E-state index in [2.05, 4.69) is 54.0 Å². The molecule has 0 spiro atoms. The van der Waals surface area contributed by atoms with Gasteiger partial charge in [0.2, 0.25) is 0 Å². The molecule has 2 rings (SSSR count). The lowest BCUT2D eigenvalue weighted by Crippen LogP contribution is -1.99. The SMILES string of the molecule is C=NC(=NC=C(C)C)c1ccccc1-c1ccc(C)cc1. The topological polar surface area (TPSA) is 24.7 Å². The summed E-state index contributed by atoms with van der Waals surface area (Å²) in [6, 6.07) is 16.6. The summed E-state index contributed by atoms with van der Waals surface area (Å²) in [6.07, 6.45) is 1.82. The molecule has 0 bridgehead atoms. The molecule has 0 amide bonds. The van der Waals surface area contributed by atoms with Crippen LogP contribution in [0, 0.1) is 6.92 Å². The molecule has 106 valence electrons. The maximum absolute atomic E-state index is 4.44. The fraction of sp³-hybridized carbons (Fsp3) is 0.158. The molecule has 2 heteroatoms. The van der Waals surface area contributed by atoms with Gasteiger partial charge in [-0.25, -0.2) is 9.98 Å². The van der Waals surface area contributed by atoms with Crippen LogP contribution in [0.3, 0.4) is 0 Å². The second kappa shape index (κ2) is 6.80. The first-order valence-corrected chi connectivity index (χ1v) is 6.96. The van der Waals surface area contributed by atoms with Crippen LogP contribution in [0.4, 0.5) is 0 Å². The zero-order valence-electron chi connectivity index (χ0n) is 12.8. The number of allylic oxidation sites excluding steroid dienone is 1. The van der Waals surface area contributed by atoms with Crippen molar-refractivity contribution in [1.29, 1.82) is 0 Å². The Labute approximate surface area is 126 Å². The Bertz CT molecular complexity index is 688. The highest BCUT2D eigenvalue weighted by Crippen LogP contribution is 2.25. The normalized spacial score (nSPS) is 11.1. The van der Waals surface area contributed by atoms with E-state index in [4.69, 9.17) is 0 Å². The second-order valence-corrected chi connectivity index (χ2v) is 5.23. The van der Waals surface area contributed by atoms with E-state index in [1.54, 1.807) is 0 Å². The maximum Gasteiger partial charge on any atom is 0.159 e. The van der Waals surface area contributed by atoms with Crippen LogP contribution >= 0.6 is 0 Å². The molecule has 0 atom stereocenters. The summed E-state index contributed by atoms with van der Waals surface area (Å²) in [5.41, 5.74) is 5.64. The maximum atomic E-state index is 4.44. The van der Waals surface area contributed by atoms with Crippen molar-refractivity contribution in [3.05, 3.63) is 71.4 Å². The molecule has 0 N–H and O–H groups in total. The number of amidine groups is 1. The van der Waals surface area contributed by atoms with Gasteiger partial charge in [0.25, 0.3) is 0 Å². The van der Waals surface area contributed by atoms with Gasteiger partial charge < -0.3 is 0 Å². The Balaban J connectivity index is 2.55. The summed E-state index contributed by atoms with van der Waals surface area (Å²) in [5, 5.41) is 0. The average Bonchev–Trinajstić information content (AvgIpc) is 2.49. The van der Waals surface area contributed by atoms with Crippen LogP contribution in [0.2, 0.25) is 0 Å². The molecular weight excluding hydrogens is 256 g/mol. The minimum Gasteiger partial charge on any atom is -0.245 e. The highest BCUT2D eigenvalue weighted by molar-refractivity contribution is 6.06. The molecule has 2 aromatic carbocycles. The highest BCUT2D eigenvalue weighted by Gasteiger charge is 2.08. The van der Waals surface area contributed by atoms with E-state index in [0.29, 0.717) is 5.84 Å². The molecular formula is C19H20N2. The smallest absolute Gasteiger partial charge is 0.159 e. The zero-order valence-corrected chi connectivity index (χ0v) is 12.8. The third-order valence-electron chi connectivity index (χ3n) is 3.13. The number of aryl methyl sites for hydroxylation is 1. The van der Waals surface area contributed by atoms with Gasteiger partial charge in [0.1, 0.15) is 0 Å². The Morgan fingerprint density at radius 3 is 2.29 bits per heavy atom. The van der Waals surface area contributed by atoms with Crippen molar-refractivity contribution in [1.82, 2.24) is 0 Å². The standard InChI is InChI=1S/C19H20N2/c1-14(2)13-21-19(20-4)18-8-6-5-7-17(18)16-11-9-15(3)10-12-16/h5-13H,4H2,1-3H3. The summed E-state index contributed by atoms with van der Waals surface area (Å²) in [7, 11) is 0. The van der Waals surface area contributed by atoms with Crippen molar-refractivity contribution < 1.29 is 0 Å². The molecule has 0 heterocycles. The Morgan fingerprint density at radius 2 is 1.67 bits per heavy atom. The Hall–Kier alpha value is -2.48. The molecule has 0 fully saturated rings. The summed E-state index contributed by atoms with van der Waals surface area (Å²) < 4.78 is 0. The fourth-order valence-electron chi connectivity index (χ4n) is 2.05.